The maximum absolute atomic E-state index is 13.5. The van der Waals surface area contributed by atoms with Gasteiger partial charge in [0.1, 0.15) is 5.39 Å². The Balaban J connectivity index is 1.09. The Labute approximate surface area is 218 Å². The summed E-state index contributed by atoms with van der Waals surface area (Å²) in [7, 11) is 0. The van der Waals surface area contributed by atoms with E-state index >= 15 is 0 Å². The molecule has 1 saturated heterocycles. The first-order chi connectivity index (χ1) is 18.6. The smallest absolute Gasteiger partial charge is 0.263 e. The zero-order valence-electron chi connectivity index (χ0n) is 20.9. The fourth-order valence-electron chi connectivity index (χ4n) is 6.94. The molecular weight excluding hydrogens is 476 g/mol. The van der Waals surface area contributed by atoms with Crippen LogP contribution in [-0.4, -0.2) is 43.2 Å². The van der Waals surface area contributed by atoms with Gasteiger partial charge in [0, 0.05) is 36.9 Å². The number of piperidine rings is 1. The summed E-state index contributed by atoms with van der Waals surface area (Å²) in [5, 5.41) is 8.27. The number of anilines is 1. The first-order valence-electron chi connectivity index (χ1n) is 13.3. The van der Waals surface area contributed by atoms with E-state index < -0.39 is 0 Å². The van der Waals surface area contributed by atoms with Gasteiger partial charge in [0.15, 0.2) is 5.65 Å². The quantitative estimate of drug-likeness (QED) is 0.343. The SMILES string of the molecule is N[C@@H]1c2ccccc2CC12CCN(c1nc3[nH]nc(C4(c5ccc6nccnc6c5)CC4)c3c(=O)[nH]1)CC2. The lowest BCUT2D eigenvalue weighted by atomic mass is 9.73. The van der Waals surface area contributed by atoms with Crippen molar-refractivity contribution < 1.29 is 0 Å². The predicted octanol–water partition coefficient (Wildman–Crippen LogP) is 3.51. The summed E-state index contributed by atoms with van der Waals surface area (Å²) >= 11 is 0. The Morgan fingerprint density at radius 1 is 0.974 bits per heavy atom. The van der Waals surface area contributed by atoms with Gasteiger partial charge in [0.2, 0.25) is 5.95 Å². The van der Waals surface area contributed by atoms with Crippen molar-refractivity contribution in [2.75, 3.05) is 18.0 Å². The molecule has 4 heterocycles. The van der Waals surface area contributed by atoms with Crippen LogP contribution in [0.3, 0.4) is 0 Å². The molecule has 2 aliphatic carbocycles. The molecule has 2 fully saturated rings. The number of hydrogen-bond donors (Lipinski definition) is 3. The fraction of sp³-hybridized carbons (Fsp3) is 0.345. The molecule has 38 heavy (non-hydrogen) atoms. The van der Waals surface area contributed by atoms with Crippen LogP contribution in [0.25, 0.3) is 22.1 Å². The lowest BCUT2D eigenvalue weighted by Gasteiger charge is -2.42. The molecule has 190 valence electrons. The molecule has 4 N–H and O–H groups in total. The molecular formula is C29H28N8O. The maximum Gasteiger partial charge on any atom is 0.263 e. The number of aromatic amines is 2. The Bertz CT molecular complexity index is 1780. The van der Waals surface area contributed by atoms with Crippen molar-refractivity contribution in [2.45, 2.75) is 43.6 Å². The lowest BCUT2D eigenvalue weighted by Crippen LogP contribution is -2.45. The lowest BCUT2D eigenvalue weighted by molar-refractivity contribution is 0.187. The summed E-state index contributed by atoms with van der Waals surface area (Å²) in [5.74, 6) is 0.599. The highest BCUT2D eigenvalue weighted by Gasteiger charge is 2.50. The summed E-state index contributed by atoms with van der Waals surface area (Å²) in [4.78, 5) is 32.4. The minimum Gasteiger partial charge on any atom is -0.342 e. The molecule has 1 spiro atoms. The van der Waals surface area contributed by atoms with Gasteiger partial charge in [-0.2, -0.15) is 10.1 Å². The number of nitrogens with zero attached hydrogens (tertiary/aromatic N) is 5. The van der Waals surface area contributed by atoms with Crippen LogP contribution in [0.4, 0.5) is 5.95 Å². The van der Waals surface area contributed by atoms with E-state index in [0.717, 1.165) is 67.5 Å². The number of H-pyrrole nitrogens is 2. The van der Waals surface area contributed by atoms with Crippen molar-refractivity contribution in [3.8, 4) is 0 Å². The second kappa shape index (κ2) is 7.70. The summed E-state index contributed by atoms with van der Waals surface area (Å²) in [6, 6.07) is 14.8. The van der Waals surface area contributed by atoms with Gasteiger partial charge in [-0.25, -0.2) is 0 Å². The molecule has 1 saturated carbocycles. The summed E-state index contributed by atoms with van der Waals surface area (Å²) in [6.07, 6.45) is 8.20. The fourth-order valence-corrected chi connectivity index (χ4v) is 6.94. The van der Waals surface area contributed by atoms with Crippen LogP contribution in [0.1, 0.15) is 54.1 Å². The number of fused-ring (bicyclic) bond motifs is 3. The van der Waals surface area contributed by atoms with Gasteiger partial charge in [-0.1, -0.05) is 30.3 Å². The molecule has 1 atom stereocenters. The minimum atomic E-state index is -0.300. The Morgan fingerprint density at radius 2 is 1.76 bits per heavy atom. The highest BCUT2D eigenvalue weighted by molar-refractivity contribution is 5.82. The minimum absolute atomic E-state index is 0.0568. The standard InChI is InChI=1S/C29H28N8O/c30-23-19-4-2-1-3-17(19)16-28(23)9-13-37(14-10-28)27-33-25-22(26(38)34-27)24(35-36-25)29(7-8-29)18-5-6-20-21(15-18)32-12-11-31-20/h1-6,11-12,15,23H,7-10,13-14,16,30H2,(H2,33,34,35,36,38)/t23-/m1/s1. The van der Waals surface area contributed by atoms with Crippen LogP contribution in [0, 0.1) is 5.41 Å². The average Bonchev–Trinajstić information content (AvgIpc) is 3.57. The number of nitrogens with one attached hydrogen (secondary N) is 2. The van der Waals surface area contributed by atoms with E-state index in [1.165, 1.54) is 11.1 Å². The van der Waals surface area contributed by atoms with Crippen LogP contribution in [0.5, 0.6) is 0 Å². The first kappa shape index (κ1) is 21.9. The average molecular weight is 505 g/mol. The molecule has 0 unspecified atom stereocenters. The monoisotopic (exact) mass is 504 g/mol. The molecule has 2 aromatic carbocycles. The van der Waals surface area contributed by atoms with Crippen molar-refractivity contribution >= 4 is 28.0 Å². The molecule has 0 radical (unpaired) electrons. The number of rotatable bonds is 3. The number of aromatic nitrogens is 6. The van der Waals surface area contributed by atoms with E-state index in [1.54, 1.807) is 12.4 Å². The van der Waals surface area contributed by atoms with Crippen molar-refractivity contribution in [2.24, 2.45) is 11.1 Å². The molecule has 0 bridgehead atoms. The normalized spacial score (nSPS) is 21.3. The van der Waals surface area contributed by atoms with Crippen LogP contribution in [0.2, 0.25) is 0 Å². The third-order valence-corrected chi connectivity index (χ3v) is 9.29. The van der Waals surface area contributed by atoms with Gasteiger partial charge in [-0.3, -0.25) is 24.8 Å². The number of hydrogen-bond acceptors (Lipinski definition) is 7. The number of benzene rings is 2. The largest absolute Gasteiger partial charge is 0.342 e. The molecule has 3 aromatic heterocycles. The van der Waals surface area contributed by atoms with Crippen molar-refractivity contribution in [3.63, 3.8) is 0 Å². The summed E-state index contributed by atoms with van der Waals surface area (Å²) in [6.45, 7) is 1.61. The van der Waals surface area contributed by atoms with Crippen molar-refractivity contribution in [1.29, 1.82) is 0 Å². The van der Waals surface area contributed by atoms with Crippen LogP contribution in [0.15, 0.2) is 59.7 Å². The molecule has 9 heteroatoms. The Kier molecular flexibility index (Phi) is 4.45. The number of nitrogens with two attached hydrogens (primary N) is 1. The highest BCUT2D eigenvalue weighted by Crippen LogP contribution is 2.54. The van der Waals surface area contributed by atoms with Crippen LogP contribution in [-0.2, 0) is 11.8 Å². The van der Waals surface area contributed by atoms with E-state index in [-0.39, 0.29) is 22.4 Å². The molecule has 0 amide bonds. The van der Waals surface area contributed by atoms with Gasteiger partial charge < -0.3 is 10.6 Å². The van der Waals surface area contributed by atoms with E-state index in [1.807, 2.05) is 6.07 Å². The highest BCUT2D eigenvalue weighted by atomic mass is 16.1. The summed E-state index contributed by atoms with van der Waals surface area (Å²) in [5.41, 5.74) is 13.2. The molecule has 8 rings (SSSR count). The van der Waals surface area contributed by atoms with Crippen molar-refractivity contribution in [1.82, 2.24) is 30.1 Å². The van der Waals surface area contributed by atoms with Gasteiger partial charge in [-0.05, 0) is 66.3 Å². The molecule has 3 aliphatic rings. The Hall–Kier alpha value is -4.11. The third-order valence-electron chi connectivity index (χ3n) is 9.29. The van der Waals surface area contributed by atoms with Crippen LogP contribution >= 0.6 is 0 Å². The third kappa shape index (κ3) is 3.05. The summed E-state index contributed by atoms with van der Waals surface area (Å²) < 4.78 is 0. The first-order valence-corrected chi connectivity index (χ1v) is 13.3. The second-order valence-corrected chi connectivity index (χ2v) is 11.2. The van der Waals surface area contributed by atoms with E-state index in [0.29, 0.717) is 17.0 Å². The van der Waals surface area contributed by atoms with E-state index in [4.69, 9.17) is 10.7 Å². The maximum atomic E-state index is 13.5. The van der Waals surface area contributed by atoms with Crippen LogP contribution < -0.4 is 16.2 Å². The molecule has 9 nitrogen and oxygen atoms in total. The van der Waals surface area contributed by atoms with Gasteiger partial charge in [0.25, 0.3) is 5.56 Å². The Morgan fingerprint density at radius 3 is 2.55 bits per heavy atom. The topological polar surface area (TPSA) is 129 Å². The van der Waals surface area contributed by atoms with Gasteiger partial charge in [-0.15, -0.1) is 0 Å². The molecule has 5 aromatic rings. The van der Waals surface area contributed by atoms with Crippen molar-refractivity contribution in [3.05, 3.63) is 87.6 Å². The van der Waals surface area contributed by atoms with Gasteiger partial charge in [0.05, 0.1) is 16.7 Å². The van der Waals surface area contributed by atoms with Gasteiger partial charge >= 0.3 is 0 Å². The predicted molar refractivity (Wildman–Crippen MR) is 145 cm³/mol. The zero-order chi connectivity index (χ0) is 25.5. The second-order valence-electron chi connectivity index (χ2n) is 11.2. The van der Waals surface area contributed by atoms with E-state index in [9.17, 15) is 4.79 Å². The van der Waals surface area contributed by atoms with E-state index in [2.05, 4.69) is 66.4 Å². The zero-order valence-corrected chi connectivity index (χ0v) is 20.9. The molecule has 1 aliphatic heterocycles.